The average Bonchev–Trinajstić information content (AvgIpc) is 2.63. The lowest BCUT2D eigenvalue weighted by atomic mass is 9.97. The molecule has 1 saturated heterocycles. The van der Waals surface area contributed by atoms with Crippen molar-refractivity contribution in [3.63, 3.8) is 0 Å². The van der Waals surface area contributed by atoms with Crippen LogP contribution in [0.2, 0.25) is 0 Å². The van der Waals surface area contributed by atoms with Gasteiger partial charge in [0.2, 0.25) is 5.91 Å². The Morgan fingerprint density at radius 3 is 2.38 bits per heavy atom. The number of anilines is 1. The summed E-state index contributed by atoms with van der Waals surface area (Å²) in [5.41, 5.74) is 0.779. The maximum absolute atomic E-state index is 12.3. The molecule has 1 aliphatic rings. The predicted molar refractivity (Wildman–Crippen MR) is 96.8 cm³/mol. The van der Waals surface area contributed by atoms with Crippen LogP contribution in [0.25, 0.3) is 0 Å². The van der Waals surface area contributed by atoms with Gasteiger partial charge in [0.15, 0.2) is 0 Å². The highest BCUT2D eigenvalue weighted by molar-refractivity contribution is 6.01. The Labute approximate surface area is 153 Å². The molecule has 7 nitrogen and oxygen atoms in total. The van der Waals surface area contributed by atoms with Gasteiger partial charge in [0.25, 0.3) is 0 Å². The Hall–Kier alpha value is -2.41. The zero-order valence-corrected chi connectivity index (χ0v) is 15.3. The number of rotatable bonds is 7. The molecule has 1 aromatic rings. The smallest absolute Gasteiger partial charge is 0.340 e. The first-order chi connectivity index (χ1) is 12.5. The molecule has 1 amide bonds. The molecule has 1 heterocycles. The largest absolute Gasteiger partial charge is 0.466 e. The van der Waals surface area contributed by atoms with Gasteiger partial charge in [-0.15, -0.1) is 0 Å². The molecule has 0 aromatic heterocycles. The van der Waals surface area contributed by atoms with E-state index in [1.54, 1.807) is 38.1 Å². The van der Waals surface area contributed by atoms with Crippen molar-refractivity contribution < 1.29 is 23.9 Å². The summed E-state index contributed by atoms with van der Waals surface area (Å²) in [4.78, 5) is 38.1. The van der Waals surface area contributed by atoms with Gasteiger partial charge in [-0.2, -0.15) is 0 Å². The Kier molecular flexibility index (Phi) is 7.59. The van der Waals surface area contributed by atoms with Crippen LogP contribution < -0.4 is 5.32 Å². The van der Waals surface area contributed by atoms with Crippen LogP contribution in [-0.2, 0) is 19.1 Å². The van der Waals surface area contributed by atoms with Crippen LogP contribution in [0.15, 0.2) is 24.3 Å². The third kappa shape index (κ3) is 5.56. The third-order valence-electron chi connectivity index (χ3n) is 4.27. The monoisotopic (exact) mass is 362 g/mol. The molecular formula is C19H26N2O5. The molecule has 0 bridgehead atoms. The van der Waals surface area contributed by atoms with E-state index in [2.05, 4.69) is 5.32 Å². The number of carbonyl (C=O) groups is 3. The Balaban J connectivity index is 1.87. The molecule has 7 heteroatoms. The first kappa shape index (κ1) is 19.9. The number of likely N-dealkylation sites (tertiary alicyclic amines) is 1. The van der Waals surface area contributed by atoms with Gasteiger partial charge in [0.1, 0.15) is 0 Å². The van der Waals surface area contributed by atoms with Crippen LogP contribution in [0.3, 0.4) is 0 Å². The van der Waals surface area contributed by atoms with Crippen LogP contribution >= 0.6 is 0 Å². The van der Waals surface area contributed by atoms with Crippen molar-refractivity contribution in [1.82, 2.24) is 4.90 Å². The van der Waals surface area contributed by atoms with Crippen molar-refractivity contribution in [2.75, 3.05) is 38.2 Å². The fraction of sp³-hybridized carbons (Fsp3) is 0.526. The number of piperidine rings is 1. The first-order valence-corrected chi connectivity index (χ1v) is 9.00. The van der Waals surface area contributed by atoms with Crippen molar-refractivity contribution >= 4 is 23.5 Å². The van der Waals surface area contributed by atoms with E-state index in [1.165, 1.54) is 0 Å². The highest BCUT2D eigenvalue weighted by Crippen LogP contribution is 2.19. The first-order valence-electron chi connectivity index (χ1n) is 9.00. The van der Waals surface area contributed by atoms with Crippen molar-refractivity contribution in [3.8, 4) is 0 Å². The minimum atomic E-state index is -0.460. The van der Waals surface area contributed by atoms with E-state index >= 15 is 0 Å². The number of ether oxygens (including phenoxy) is 2. The SMILES string of the molecule is CCOC(=O)c1ccccc1NC(=O)CN1CCC(C(=O)OCC)CC1. The minimum Gasteiger partial charge on any atom is -0.466 e. The lowest BCUT2D eigenvalue weighted by molar-refractivity contribution is -0.149. The maximum atomic E-state index is 12.3. The lowest BCUT2D eigenvalue weighted by Crippen LogP contribution is -2.41. The highest BCUT2D eigenvalue weighted by Gasteiger charge is 2.27. The number of para-hydroxylation sites is 1. The number of nitrogens with zero attached hydrogens (tertiary/aromatic N) is 1. The van der Waals surface area contributed by atoms with Crippen molar-refractivity contribution in [1.29, 1.82) is 0 Å². The van der Waals surface area contributed by atoms with E-state index in [0.717, 1.165) is 0 Å². The summed E-state index contributed by atoms with van der Waals surface area (Å²) in [5.74, 6) is -0.895. The second-order valence-corrected chi connectivity index (χ2v) is 6.12. The van der Waals surface area contributed by atoms with Gasteiger partial charge < -0.3 is 14.8 Å². The van der Waals surface area contributed by atoms with Gasteiger partial charge in [-0.1, -0.05) is 12.1 Å². The molecule has 0 spiro atoms. The topological polar surface area (TPSA) is 84.9 Å². The molecule has 0 aliphatic carbocycles. The van der Waals surface area contributed by atoms with E-state index in [0.29, 0.717) is 43.8 Å². The van der Waals surface area contributed by atoms with Crippen LogP contribution in [0, 0.1) is 5.92 Å². The van der Waals surface area contributed by atoms with Gasteiger partial charge in [-0.3, -0.25) is 14.5 Å². The number of esters is 2. The van der Waals surface area contributed by atoms with E-state index in [-0.39, 0.29) is 30.9 Å². The fourth-order valence-corrected chi connectivity index (χ4v) is 2.96. The number of carbonyl (C=O) groups excluding carboxylic acids is 3. The highest BCUT2D eigenvalue weighted by atomic mass is 16.5. The molecule has 1 aliphatic heterocycles. The lowest BCUT2D eigenvalue weighted by Gasteiger charge is -2.30. The van der Waals surface area contributed by atoms with E-state index in [9.17, 15) is 14.4 Å². The summed E-state index contributed by atoms with van der Waals surface area (Å²) in [6.45, 7) is 5.74. The quantitative estimate of drug-likeness (QED) is 0.748. The Morgan fingerprint density at radius 1 is 1.08 bits per heavy atom. The van der Waals surface area contributed by atoms with Crippen LogP contribution in [-0.4, -0.2) is 55.6 Å². The van der Waals surface area contributed by atoms with Gasteiger partial charge in [-0.05, 0) is 51.9 Å². The molecule has 1 N–H and O–H groups in total. The van der Waals surface area contributed by atoms with Crippen LogP contribution in [0.1, 0.15) is 37.0 Å². The number of hydrogen-bond donors (Lipinski definition) is 1. The van der Waals surface area contributed by atoms with Gasteiger partial charge >= 0.3 is 11.9 Å². The zero-order valence-electron chi connectivity index (χ0n) is 15.3. The predicted octanol–water partition coefficient (Wildman–Crippen LogP) is 2.08. The van der Waals surface area contributed by atoms with Crippen LogP contribution in [0.5, 0.6) is 0 Å². The molecule has 1 aromatic carbocycles. The van der Waals surface area contributed by atoms with Crippen LogP contribution in [0.4, 0.5) is 5.69 Å². The normalized spacial score (nSPS) is 15.3. The second-order valence-electron chi connectivity index (χ2n) is 6.12. The minimum absolute atomic E-state index is 0.0844. The second kappa shape index (κ2) is 9.91. The van der Waals surface area contributed by atoms with E-state index in [1.807, 2.05) is 4.90 Å². The summed E-state index contributed by atoms with van der Waals surface area (Å²) in [5, 5.41) is 2.78. The summed E-state index contributed by atoms with van der Waals surface area (Å²) in [6.07, 6.45) is 1.37. The third-order valence-corrected chi connectivity index (χ3v) is 4.27. The number of nitrogens with one attached hydrogen (secondary N) is 1. The van der Waals surface area contributed by atoms with Gasteiger partial charge in [0, 0.05) is 0 Å². The van der Waals surface area contributed by atoms with Gasteiger partial charge in [-0.25, -0.2) is 4.79 Å². The van der Waals surface area contributed by atoms with Gasteiger partial charge in [0.05, 0.1) is 36.9 Å². The Morgan fingerprint density at radius 2 is 1.73 bits per heavy atom. The molecular weight excluding hydrogens is 336 g/mol. The average molecular weight is 362 g/mol. The molecule has 142 valence electrons. The van der Waals surface area contributed by atoms with E-state index in [4.69, 9.17) is 9.47 Å². The molecule has 2 rings (SSSR count). The molecule has 0 atom stereocenters. The molecule has 0 radical (unpaired) electrons. The van der Waals surface area contributed by atoms with E-state index < -0.39 is 5.97 Å². The number of hydrogen-bond acceptors (Lipinski definition) is 6. The number of amides is 1. The summed E-state index contributed by atoms with van der Waals surface area (Å²) < 4.78 is 10.1. The van der Waals surface area contributed by atoms with Crippen molar-refractivity contribution in [2.45, 2.75) is 26.7 Å². The molecule has 1 fully saturated rings. The Bertz CT molecular complexity index is 639. The summed E-state index contributed by atoms with van der Waals surface area (Å²) >= 11 is 0. The molecule has 0 unspecified atom stereocenters. The van der Waals surface area contributed by atoms with Crippen molar-refractivity contribution in [2.24, 2.45) is 5.92 Å². The standard InChI is InChI=1S/C19H26N2O5/c1-3-25-18(23)14-9-11-21(12-10-14)13-17(22)20-16-8-6-5-7-15(16)19(24)26-4-2/h5-8,14H,3-4,9-13H2,1-2H3,(H,20,22). The number of benzene rings is 1. The summed E-state index contributed by atoms with van der Waals surface area (Å²) in [6, 6.07) is 6.78. The molecule has 0 saturated carbocycles. The summed E-state index contributed by atoms with van der Waals surface area (Å²) in [7, 11) is 0. The molecule has 26 heavy (non-hydrogen) atoms. The van der Waals surface area contributed by atoms with Crippen molar-refractivity contribution in [3.05, 3.63) is 29.8 Å². The maximum Gasteiger partial charge on any atom is 0.340 e. The zero-order chi connectivity index (χ0) is 18.9. The fourth-order valence-electron chi connectivity index (χ4n) is 2.96.